The molecule has 2 amide bonds. The fraction of sp³-hybridized carbons (Fsp3) is 0.462. The Morgan fingerprint density at radius 3 is 2.38 bits per heavy atom. The van der Waals surface area contributed by atoms with E-state index in [1.807, 2.05) is 31.2 Å². The summed E-state index contributed by atoms with van der Waals surface area (Å²) in [6, 6.07) is 18.0. The lowest BCUT2D eigenvalue weighted by molar-refractivity contribution is -0.126. The summed E-state index contributed by atoms with van der Waals surface area (Å²) in [5, 5.41) is 3.08. The third-order valence-corrected chi connectivity index (χ3v) is 6.51. The van der Waals surface area contributed by atoms with Crippen LogP contribution in [0.5, 0.6) is 0 Å². The number of amides is 2. The van der Waals surface area contributed by atoms with Crippen LogP contribution in [0.15, 0.2) is 54.6 Å². The highest BCUT2D eigenvalue weighted by molar-refractivity contribution is 6.03. The molecule has 1 atom stereocenters. The van der Waals surface area contributed by atoms with E-state index >= 15 is 0 Å². The van der Waals surface area contributed by atoms with Gasteiger partial charge in [0.1, 0.15) is 6.04 Å². The molecule has 2 heterocycles. The molecule has 32 heavy (non-hydrogen) atoms. The smallest absolute Gasteiger partial charge is 0.243 e. The maximum atomic E-state index is 12.9. The van der Waals surface area contributed by atoms with Crippen LogP contribution in [0.25, 0.3) is 0 Å². The fourth-order valence-electron chi connectivity index (χ4n) is 4.72. The van der Waals surface area contributed by atoms with Crippen LogP contribution in [0.3, 0.4) is 0 Å². The van der Waals surface area contributed by atoms with Crippen LogP contribution >= 0.6 is 0 Å². The molecule has 1 fully saturated rings. The van der Waals surface area contributed by atoms with Crippen molar-refractivity contribution in [2.24, 2.45) is 0 Å². The molecule has 2 aliphatic rings. The Balaban J connectivity index is 1.18. The number of anilines is 1. The van der Waals surface area contributed by atoms with Crippen molar-refractivity contribution in [1.82, 2.24) is 15.1 Å². The summed E-state index contributed by atoms with van der Waals surface area (Å²) in [6.45, 7) is 8.78. The molecule has 6 heteroatoms. The van der Waals surface area contributed by atoms with Gasteiger partial charge >= 0.3 is 0 Å². The summed E-state index contributed by atoms with van der Waals surface area (Å²) < 4.78 is 0. The lowest BCUT2D eigenvalue weighted by Crippen LogP contribution is -2.49. The summed E-state index contributed by atoms with van der Waals surface area (Å²) >= 11 is 0. The van der Waals surface area contributed by atoms with Crippen molar-refractivity contribution in [1.29, 1.82) is 0 Å². The molecule has 0 saturated carbocycles. The molecule has 1 unspecified atom stereocenters. The highest BCUT2D eigenvalue weighted by atomic mass is 16.2. The van der Waals surface area contributed by atoms with Crippen LogP contribution in [-0.2, 0) is 22.6 Å². The van der Waals surface area contributed by atoms with Crippen molar-refractivity contribution in [3.8, 4) is 0 Å². The SMILES string of the molecule is CCC(=O)N1c2ccccc2CC1C(=O)NCCCN1CCN(Cc2ccccc2)CC1. The van der Waals surface area contributed by atoms with Crippen molar-refractivity contribution in [2.45, 2.75) is 38.8 Å². The van der Waals surface area contributed by atoms with E-state index in [1.165, 1.54) is 5.56 Å². The maximum Gasteiger partial charge on any atom is 0.243 e. The molecule has 0 bridgehead atoms. The fourth-order valence-corrected chi connectivity index (χ4v) is 4.72. The van der Waals surface area contributed by atoms with E-state index in [-0.39, 0.29) is 11.8 Å². The van der Waals surface area contributed by atoms with E-state index < -0.39 is 6.04 Å². The first-order valence-corrected chi connectivity index (χ1v) is 11.8. The largest absolute Gasteiger partial charge is 0.354 e. The molecule has 2 aromatic carbocycles. The number of piperazine rings is 1. The van der Waals surface area contributed by atoms with Gasteiger partial charge in [-0.15, -0.1) is 0 Å². The number of hydrogen-bond acceptors (Lipinski definition) is 4. The normalized spacial score (nSPS) is 19.0. The summed E-state index contributed by atoms with van der Waals surface area (Å²) in [7, 11) is 0. The van der Waals surface area contributed by atoms with Gasteiger partial charge in [-0.05, 0) is 30.2 Å². The van der Waals surface area contributed by atoms with Crippen LogP contribution in [0.1, 0.15) is 30.9 Å². The van der Waals surface area contributed by atoms with Crippen LogP contribution in [0, 0.1) is 0 Å². The van der Waals surface area contributed by atoms with Gasteiger partial charge in [0.05, 0.1) is 0 Å². The molecule has 170 valence electrons. The van der Waals surface area contributed by atoms with Crippen molar-refractivity contribution in [2.75, 3.05) is 44.2 Å². The van der Waals surface area contributed by atoms with Gasteiger partial charge in [-0.2, -0.15) is 0 Å². The molecular formula is C26H34N4O2. The number of hydrogen-bond donors (Lipinski definition) is 1. The van der Waals surface area contributed by atoms with Crippen molar-refractivity contribution in [3.05, 3.63) is 65.7 Å². The number of carbonyl (C=O) groups excluding carboxylic acids is 2. The van der Waals surface area contributed by atoms with Crippen molar-refractivity contribution in [3.63, 3.8) is 0 Å². The molecule has 0 spiro atoms. The minimum atomic E-state index is -0.429. The van der Waals surface area contributed by atoms with Crippen LogP contribution in [0.4, 0.5) is 5.69 Å². The Kier molecular flexibility index (Phi) is 7.55. The van der Waals surface area contributed by atoms with Gasteiger partial charge in [-0.3, -0.25) is 19.4 Å². The molecule has 2 aromatic rings. The Morgan fingerprint density at radius 1 is 0.938 bits per heavy atom. The third-order valence-electron chi connectivity index (χ3n) is 6.51. The van der Waals surface area contributed by atoms with Gasteiger partial charge in [0.15, 0.2) is 0 Å². The van der Waals surface area contributed by atoms with E-state index in [4.69, 9.17) is 0 Å². The average molecular weight is 435 g/mol. The number of rotatable bonds is 8. The molecular weight excluding hydrogens is 400 g/mol. The van der Waals surface area contributed by atoms with E-state index in [0.29, 0.717) is 19.4 Å². The highest BCUT2D eigenvalue weighted by Crippen LogP contribution is 2.32. The Labute approximate surface area is 191 Å². The maximum absolute atomic E-state index is 12.9. The molecule has 0 radical (unpaired) electrons. The lowest BCUT2D eigenvalue weighted by Gasteiger charge is -2.34. The van der Waals surface area contributed by atoms with E-state index in [2.05, 4.69) is 45.4 Å². The van der Waals surface area contributed by atoms with Gasteiger partial charge in [0.2, 0.25) is 11.8 Å². The Bertz CT molecular complexity index is 909. The lowest BCUT2D eigenvalue weighted by atomic mass is 10.1. The van der Waals surface area contributed by atoms with Crippen LogP contribution in [0.2, 0.25) is 0 Å². The minimum absolute atomic E-state index is 0.00322. The zero-order chi connectivity index (χ0) is 22.3. The van der Waals surface area contributed by atoms with Crippen molar-refractivity contribution < 1.29 is 9.59 Å². The van der Waals surface area contributed by atoms with Gasteiger partial charge in [0.25, 0.3) is 0 Å². The number of nitrogens with one attached hydrogen (secondary N) is 1. The predicted octanol–water partition coefficient (Wildman–Crippen LogP) is 2.68. The number of fused-ring (bicyclic) bond motifs is 1. The van der Waals surface area contributed by atoms with Gasteiger partial charge < -0.3 is 10.2 Å². The summed E-state index contributed by atoms with van der Waals surface area (Å²) in [5.74, 6) is -0.0424. The van der Waals surface area contributed by atoms with Gasteiger partial charge in [-0.25, -0.2) is 0 Å². The second-order valence-corrected chi connectivity index (χ2v) is 8.71. The summed E-state index contributed by atoms with van der Waals surface area (Å²) in [4.78, 5) is 32.1. The predicted molar refractivity (Wildman–Crippen MR) is 127 cm³/mol. The molecule has 1 saturated heterocycles. The first-order chi connectivity index (χ1) is 15.7. The van der Waals surface area contributed by atoms with E-state index in [1.54, 1.807) is 4.90 Å². The first kappa shape index (κ1) is 22.5. The summed E-state index contributed by atoms with van der Waals surface area (Å²) in [6.07, 6.45) is 1.91. The number of carbonyl (C=O) groups is 2. The topological polar surface area (TPSA) is 55.9 Å². The number of nitrogens with zero attached hydrogens (tertiary/aromatic N) is 3. The first-order valence-electron chi connectivity index (χ1n) is 11.8. The number of benzene rings is 2. The Morgan fingerprint density at radius 2 is 1.62 bits per heavy atom. The van der Waals surface area contributed by atoms with Crippen molar-refractivity contribution >= 4 is 17.5 Å². The molecule has 0 aliphatic carbocycles. The molecule has 6 nitrogen and oxygen atoms in total. The number of para-hydroxylation sites is 1. The second kappa shape index (κ2) is 10.7. The van der Waals surface area contributed by atoms with Gasteiger partial charge in [-0.1, -0.05) is 55.5 Å². The van der Waals surface area contributed by atoms with E-state index in [0.717, 1.165) is 56.9 Å². The average Bonchev–Trinajstić information content (AvgIpc) is 3.23. The molecule has 2 aliphatic heterocycles. The standard InChI is InChI=1S/C26H34N4O2/c1-2-25(31)30-23-12-7-6-11-22(23)19-24(30)26(32)27-13-8-14-28-15-17-29(18-16-28)20-21-9-4-3-5-10-21/h3-7,9-12,24H,2,8,13-20H2,1H3,(H,27,32). The minimum Gasteiger partial charge on any atom is -0.354 e. The van der Waals surface area contributed by atoms with Crippen LogP contribution in [-0.4, -0.2) is 66.9 Å². The second-order valence-electron chi connectivity index (χ2n) is 8.71. The Hall–Kier alpha value is -2.70. The zero-order valence-electron chi connectivity index (χ0n) is 19.0. The highest BCUT2D eigenvalue weighted by Gasteiger charge is 2.37. The monoisotopic (exact) mass is 434 g/mol. The molecule has 1 N–H and O–H groups in total. The molecule has 4 rings (SSSR count). The van der Waals surface area contributed by atoms with Crippen LogP contribution < -0.4 is 10.2 Å². The van der Waals surface area contributed by atoms with Gasteiger partial charge in [0, 0.05) is 57.8 Å². The third kappa shape index (κ3) is 5.37. The quantitative estimate of drug-likeness (QED) is 0.649. The molecule has 0 aromatic heterocycles. The summed E-state index contributed by atoms with van der Waals surface area (Å²) in [5.41, 5.74) is 3.32. The van der Waals surface area contributed by atoms with E-state index in [9.17, 15) is 9.59 Å². The zero-order valence-corrected chi connectivity index (χ0v) is 19.0.